The molecule has 1 rings (SSSR count). The lowest BCUT2D eigenvalue weighted by Crippen LogP contribution is -2.09. The number of ether oxygens (including phenoxy) is 1. The first-order valence-corrected chi connectivity index (χ1v) is 5.41. The zero-order chi connectivity index (χ0) is 13.7. The molecule has 0 bridgehead atoms. The van der Waals surface area contributed by atoms with Crippen LogP contribution in [0.3, 0.4) is 0 Å². The Kier molecular flexibility index (Phi) is 4.83. The van der Waals surface area contributed by atoms with Crippen molar-refractivity contribution in [2.75, 3.05) is 6.61 Å². The van der Waals surface area contributed by atoms with E-state index < -0.39 is 17.6 Å². The van der Waals surface area contributed by atoms with E-state index >= 15 is 0 Å². The molecule has 0 aliphatic rings. The van der Waals surface area contributed by atoms with Crippen molar-refractivity contribution in [1.29, 1.82) is 0 Å². The lowest BCUT2D eigenvalue weighted by Gasteiger charge is -2.12. The molecule has 0 heterocycles. The monoisotopic (exact) mass is 256 g/mol. The van der Waals surface area contributed by atoms with Crippen LogP contribution in [-0.4, -0.2) is 17.7 Å². The third-order valence-electron chi connectivity index (χ3n) is 2.35. The van der Waals surface area contributed by atoms with Gasteiger partial charge >= 0.3 is 5.97 Å². The Morgan fingerprint density at radius 3 is 2.56 bits per heavy atom. The maximum Gasteiger partial charge on any atom is 0.328 e. The molecule has 0 radical (unpaired) electrons. The quantitative estimate of drug-likeness (QED) is 0.824. The van der Waals surface area contributed by atoms with Gasteiger partial charge in [-0.25, -0.2) is 13.6 Å². The molecule has 0 aromatic heterocycles. The van der Waals surface area contributed by atoms with Gasteiger partial charge in [0.15, 0.2) is 11.6 Å². The summed E-state index contributed by atoms with van der Waals surface area (Å²) in [5.74, 6) is -2.86. The van der Waals surface area contributed by atoms with Crippen molar-refractivity contribution in [3.63, 3.8) is 0 Å². The molecule has 0 aliphatic heterocycles. The van der Waals surface area contributed by atoms with Crippen molar-refractivity contribution < 1.29 is 23.4 Å². The van der Waals surface area contributed by atoms with Gasteiger partial charge in [-0.15, -0.1) is 0 Å². The zero-order valence-electron chi connectivity index (χ0n) is 10.1. The Morgan fingerprint density at radius 2 is 2.06 bits per heavy atom. The molecule has 1 aromatic carbocycles. The van der Waals surface area contributed by atoms with E-state index in [1.807, 2.05) is 13.8 Å². The van der Waals surface area contributed by atoms with E-state index in [1.54, 1.807) is 0 Å². The smallest absolute Gasteiger partial charge is 0.328 e. The first-order chi connectivity index (χ1) is 8.40. The van der Waals surface area contributed by atoms with Crippen LogP contribution in [0, 0.1) is 17.6 Å². The van der Waals surface area contributed by atoms with Crippen molar-refractivity contribution in [1.82, 2.24) is 0 Å². The lowest BCUT2D eigenvalue weighted by molar-refractivity contribution is -0.131. The number of benzene rings is 1. The maximum atomic E-state index is 12.9. The molecule has 0 saturated heterocycles. The number of halogens is 2. The van der Waals surface area contributed by atoms with E-state index in [1.165, 1.54) is 6.07 Å². The van der Waals surface area contributed by atoms with E-state index in [-0.39, 0.29) is 18.3 Å². The molecule has 0 saturated carbocycles. The van der Waals surface area contributed by atoms with Crippen LogP contribution in [0.25, 0.3) is 0 Å². The van der Waals surface area contributed by atoms with Gasteiger partial charge in [-0.1, -0.05) is 13.8 Å². The fraction of sp³-hybridized carbons (Fsp3) is 0.308. The van der Waals surface area contributed by atoms with Crippen molar-refractivity contribution in [3.05, 3.63) is 41.5 Å². The molecule has 0 atom stereocenters. The summed E-state index contributed by atoms with van der Waals surface area (Å²) in [6.07, 6.45) is 1.06. The predicted molar refractivity (Wildman–Crippen MR) is 62.4 cm³/mol. The molecule has 18 heavy (non-hydrogen) atoms. The summed E-state index contributed by atoms with van der Waals surface area (Å²) in [5, 5.41) is 8.67. The minimum Gasteiger partial charge on any atom is -0.489 e. The zero-order valence-corrected chi connectivity index (χ0v) is 10.1. The normalized spacial score (nSPS) is 11.7. The van der Waals surface area contributed by atoms with Gasteiger partial charge in [-0.2, -0.15) is 0 Å². The highest BCUT2D eigenvalue weighted by Gasteiger charge is 2.08. The summed E-state index contributed by atoms with van der Waals surface area (Å²) >= 11 is 0. The molecule has 5 heteroatoms. The van der Waals surface area contributed by atoms with Crippen LogP contribution in [0.2, 0.25) is 0 Å². The molecule has 0 amide bonds. The summed E-state index contributed by atoms with van der Waals surface area (Å²) in [5.41, 5.74) is 0.562. The highest BCUT2D eigenvalue weighted by atomic mass is 19.2. The van der Waals surface area contributed by atoms with E-state index in [4.69, 9.17) is 9.84 Å². The van der Waals surface area contributed by atoms with Crippen LogP contribution in [0.1, 0.15) is 13.8 Å². The number of rotatable bonds is 5. The van der Waals surface area contributed by atoms with Crippen LogP contribution in [0.4, 0.5) is 8.78 Å². The SMILES string of the molecule is CC(C)/C(=C\C(=O)O)COc1ccc(F)c(F)c1. The summed E-state index contributed by atoms with van der Waals surface area (Å²) in [6, 6.07) is 3.17. The van der Waals surface area contributed by atoms with Gasteiger partial charge in [0.2, 0.25) is 0 Å². The third-order valence-corrected chi connectivity index (χ3v) is 2.35. The topological polar surface area (TPSA) is 46.5 Å². The van der Waals surface area contributed by atoms with E-state index in [9.17, 15) is 13.6 Å². The molecule has 0 unspecified atom stereocenters. The molecule has 0 fully saturated rings. The van der Waals surface area contributed by atoms with Crippen molar-refractivity contribution in [2.45, 2.75) is 13.8 Å². The number of carbonyl (C=O) groups is 1. The first kappa shape index (κ1) is 14.2. The van der Waals surface area contributed by atoms with E-state index in [2.05, 4.69) is 0 Å². The van der Waals surface area contributed by atoms with E-state index in [0.717, 1.165) is 18.2 Å². The summed E-state index contributed by atoms with van der Waals surface area (Å²) in [6.45, 7) is 3.67. The van der Waals surface area contributed by atoms with Gasteiger partial charge < -0.3 is 9.84 Å². The molecule has 1 N–H and O–H groups in total. The molecule has 1 aromatic rings. The molecular formula is C13H14F2O3. The van der Waals surface area contributed by atoms with Crippen molar-refractivity contribution in [2.24, 2.45) is 5.92 Å². The second kappa shape index (κ2) is 6.14. The summed E-state index contributed by atoms with van der Waals surface area (Å²) in [7, 11) is 0. The van der Waals surface area contributed by atoms with Crippen LogP contribution in [0.5, 0.6) is 5.75 Å². The van der Waals surface area contributed by atoms with Gasteiger partial charge in [0, 0.05) is 12.1 Å². The predicted octanol–water partition coefficient (Wildman–Crippen LogP) is 3.01. The average molecular weight is 256 g/mol. The summed E-state index contributed by atoms with van der Waals surface area (Å²) in [4.78, 5) is 10.6. The Hall–Kier alpha value is -1.91. The van der Waals surface area contributed by atoms with Crippen LogP contribution in [-0.2, 0) is 4.79 Å². The Bertz CT molecular complexity index is 467. The molecule has 98 valence electrons. The van der Waals surface area contributed by atoms with E-state index in [0.29, 0.717) is 5.57 Å². The van der Waals surface area contributed by atoms with Gasteiger partial charge in [0.25, 0.3) is 0 Å². The Labute approximate surface area is 104 Å². The second-order valence-corrected chi connectivity index (χ2v) is 4.08. The standard InChI is InChI=1S/C13H14F2O3/c1-8(2)9(5-13(16)17)7-18-10-3-4-11(14)12(15)6-10/h3-6,8H,7H2,1-2H3,(H,16,17)/b9-5-. The minimum atomic E-state index is -1.06. The number of carboxylic acids is 1. The number of aliphatic carboxylic acids is 1. The van der Waals surface area contributed by atoms with Crippen molar-refractivity contribution >= 4 is 5.97 Å². The summed E-state index contributed by atoms with van der Waals surface area (Å²) < 4.78 is 30.8. The van der Waals surface area contributed by atoms with Crippen LogP contribution < -0.4 is 4.74 Å². The van der Waals surface area contributed by atoms with Gasteiger partial charge in [-0.05, 0) is 23.6 Å². The Balaban J connectivity index is 2.73. The van der Waals surface area contributed by atoms with Crippen LogP contribution in [0.15, 0.2) is 29.8 Å². The highest BCUT2D eigenvalue weighted by molar-refractivity contribution is 5.80. The molecule has 3 nitrogen and oxygen atoms in total. The number of hydrogen-bond acceptors (Lipinski definition) is 2. The Morgan fingerprint density at radius 1 is 1.39 bits per heavy atom. The third kappa shape index (κ3) is 4.16. The second-order valence-electron chi connectivity index (χ2n) is 4.08. The van der Waals surface area contributed by atoms with Gasteiger partial charge in [0.1, 0.15) is 12.4 Å². The maximum absolute atomic E-state index is 12.9. The molecule has 0 spiro atoms. The number of carboxylic acid groups (broad SMARTS) is 1. The number of hydrogen-bond donors (Lipinski definition) is 1. The van der Waals surface area contributed by atoms with Crippen LogP contribution >= 0.6 is 0 Å². The van der Waals surface area contributed by atoms with Gasteiger partial charge in [0.05, 0.1) is 0 Å². The average Bonchev–Trinajstić information content (AvgIpc) is 2.28. The molecule has 0 aliphatic carbocycles. The highest BCUT2D eigenvalue weighted by Crippen LogP contribution is 2.17. The minimum absolute atomic E-state index is 0.00797. The van der Waals surface area contributed by atoms with Gasteiger partial charge in [-0.3, -0.25) is 0 Å². The molecular weight excluding hydrogens is 242 g/mol. The lowest BCUT2D eigenvalue weighted by atomic mass is 10.0. The largest absolute Gasteiger partial charge is 0.489 e. The fourth-order valence-corrected chi connectivity index (χ4v) is 1.27. The fourth-order valence-electron chi connectivity index (χ4n) is 1.27. The van der Waals surface area contributed by atoms with Crippen molar-refractivity contribution in [3.8, 4) is 5.75 Å². The first-order valence-electron chi connectivity index (χ1n) is 5.41.